The fraction of sp³-hybridized carbons (Fsp3) is 0.621. The third-order valence-corrected chi connectivity index (χ3v) is 8.60. The molecule has 36 heavy (non-hydrogen) atoms. The van der Waals surface area contributed by atoms with Crippen molar-refractivity contribution in [1.82, 2.24) is 10.2 Å². The Labute approximate surface area is 214 Å². The first-order chi connectivity index (χ1) is 17.2. The predicted molar refractivity (Wildman–Crippen MR) is 138 cm³/mol. The van der Waals surface area contributed by atoms with E-state index >= 15 is 0 Å². The van der Waals surface area contributed by atoms with Crippen molar-refractivity contribution in [3.05, 3.63) is 42.0 Å². The molecule has 3 aliphatic heterocycles. The molecule has 0 aromatic heterocycles. The summed E-state index contributed by atoms with van der Waals surface area (Å²) < 4.78 is 6.44. The lowest BCUT2D eigenvalue weighted by atomic mass is 9.74. The van der Waals surface area contributed by atoms with Gasteiger partial charge in [-0.25, -0.2) is 0 Å². The SMILES string of the molecule is Cc1cccc(NC(=O)C2[C@H]3C=CC4(O3)C(C(=O)NC3CCCCC3C)N(CCC(C)C)C(=O)[C@@H]24)c1. The van der Waals surface area contributed by atoms with Gasteiger partial charge in [0, 0.05) is 18.3 Å². The van der Waals surface area contributed by atoms with Gasteiger partial charge in [-0.3, -0.25) is 14.4 Å². The van der Waals surface area contributed by atoms with Gasteiger partial charge in [-0.1, -0.05) is 57.9 Å². The van der Waals surface area contributed by atoms with E-state index in [0.717, 1.165) is 31.2 Å². The highest BCUT2D eigenvalue weighted by atomic mass is 16.5. The smallest absolute Gasteiger partial charge is 0.246 e. The number of amides is 3. The standard InChI is InChI=1S/C29H39N3O4/c1-17(2)13-15-32-25(27(34)31-21-11-6-5-9-19(21)4)29-14-12-22(36-29)23(24(29)28(32)35)26(33)30-20-10-7-8-18(3)16-20/h7-8,10,12,14,16-17,19,21-25H,5-6,9,11,13,15H2,1-4H3,(H,30,33)(H,31,34)/t19?,21?,22-,23?,24-,25?,29?/m1/s1. The summed E-state index contributed by atoms with van der Waals surface area (Å²) in [6, 6.07) is 6.96. The molecule has 5 unspecified atom stereocenters. The van der Waals surface area contributed by atoms with Gasteiger partial charge in [-0.05, 0) is 55.7 Å². The van der Waals surface area contributed by atoms with Crippen LogP contribution in [-0.2, 0) is 19.1 Å². The second-order valence-electron chi connectivity index (χ2n) is 11.7. The third-order valence-electron chi connectivity index (χ3n) is 8.60. The molecule has 1 aromatic carbocycles. The molecular weight excluding hydrogens is 454 g/mol. The molecule has 3 fully saturated rings. The Bertz CT molecular complexity index is 1070. The van der Waals surface area contributed by atoms with Crippen LogP contribution in [0.25, 0.3) is 0 Å². The maximum Gasteiger partial charge on any atom is 0.246 e. The highest BCUT2D eigenvalue weighted by Crippen LogP contribution is 2.55. The number of benzene rings is 1. The van der Waals surface area contributed by atoms with Crippen LogP contribution in [0.5, 0.6) is 0 Å². The van der Waals surface area contributed by atoms with Crippen molar-refractivity contribution >= 4 is 23.4 Å². The minimum Gasteiger partial charge on any atom is -0.359 e. The number of hydrogen-bond acceptors (Lipinski definition) is 4. The van der Waals surface area contributed by atoms with Crippen molar-refractivity contribution in [2.24, 2.45) is 23.7 Å². The van der Waals surface area contributed by atoms with Crippen molar-refractivity contribution in [2.45, 2.75) is 83.6 Å². The Morgan fingerprint density at radius 1 is 1.19 bits per heavy atom. The number of rotatable bonds is 7. The lowest BCUT2D eigenvalue weighted by molar-refractivity contribution is -0.141. The molecule has 5 rings (SSSR count). The van der Waals surface area contributed by atoms with Crippen LogP contribution in [0, 0.1) is 30.6 Å². The Kier molecular flexibility index (Phi) is 6.70. The maximum absolute atomic E-state index is 13.9. The van der Waals surface area contributed by atoms with Crippen molar-refractivity contribution < 1.29 is 19.1 Å². The third kappa shape index (κ3) is 4.25. The van der Waals surface area contributed by atoms with Gasteiger partial charge in [0.05, 0.1) is 17.9 Å². The molecule has 0 radical (unpaired) electrons. The minimum atomic E-state index is -1.10. The molecule has 2 saturated heterocycles. The van der Waals surface area contributed by atoms with Crippen LogP contribution in [-0.4, -0.2) is 53.0 Å². The molecule has 1 aliphatic carbocycles. The fourth-order valence-electron chi connectivity index (χ4n) is 6.65. The zero-order chi connectivity index (χ0) is 25.6. The normalized spacial score (nSPS) is 34.8. The van der Waals surface area contributed by atoms with Crippen molar-refractivity contribution in [1.29, 1.82) is 0 Å². The van der Waals surface area contributed by atoms with Crippen LogP contribution in [0.1, 0.15) is 58.4 Å². The van der Waals surface area contributed by atoms with E-state index in [-0.39, 0.29) is 23.8 Å². The number of carbonyl (C=O) groups is 3. The number of nitrogens with one attached hydrogen (secondary N) is 2. The number of carbonyl (C=O) groups excluding carboxylic acids is 3. The summed E-state index contributed by atoms with van der Waals surface area (Å²) in [5.74, 6) is -1.13. The molecule has 194 valence electrons. The number of nitrogens with zero attached hydrogens (tertiary/aromatic N) is 1. The van der Waals surface area contributed by atoms with E-state index in [1.54, 1.807) is 4.90 Å². The maximum atomic E-state index is 13.9. The molecule has 2 bridgehead atoms. The first kappa shape index (κ1) is 25.0. The quantitative estimate of drug-likeness (QED) is 0.565. The molecule has 1 spiro atoms. The summed E-state index contributed by atoms with van der Waals surface area (Å²) in [6.45, 7) is 8.85. The van der Waals surface area contributed by atoms with E-state index in [9.17, 15) is 14.4 Å². The van der Waals surface area contributed by atoms with Gasteiger partial charge in [-0.2, -0.15) is 0 Å². The van der Waals surface area contributed by atoms with Crippen LogP contribution in [0.2, 0.25) is 0 Å². The average molecular weight is 494 g/mol. The number of fused-ring (bicyclic) bond motifs is 1. The second-order valence-corrected chi connectivity index (χ2v) is 11.7. The van der Waals surface area contributed by atoms with Gasteiger partial charge >= 0.3 is 0 Å². The minimum absolute atomic E-state index is 0.103. The summed E-state index contributed by atoms with van der Waals surface area (Å²) in [4.78, 5) is 43.0. The van der Waals surface area contributed by atoms with Gasteiger partial charge in [0.25, 0.3) is 0 Å². The summed E-state index contributed by atoms with van der Waals surface area (Å²) in [5, 5.41) is 6.28. The fourth-order valence-corrected chi connectivity index (χ4v) is 6.65. The number of likely N-dealkylation sites (tertiary alicyclic amines) is 1. The summed E-state index contributed by atoms with van der Waals surface area (Å²) >= 11 is 0. The van der Waals surface area contributed by atoms with Crippen molar-refractivity contribution in [3.8, 4) is 0 Å². The summed E-state index contributed by atoms with van der Waals surface area (Å²) in [6.07, 6.45) is 8.37. The highest BCUT2D eigenvalue weighted by molar-refractivity contribution is 6.02. The Hall–Kier alpha value is -2.67. The zero-order valence-corrected chi connectivity index (χ0v) is 21.8. The lowest BCUT2D eigenvalue weighted by Crippen LogP contribution is -2.57. The summed E-state index contributed by atoms with van der Waals surface area (Å²) in [5.41, 5.74) is 0.636. The van der Waals surface area contributed by atoms with E-state index in [4.69, 9.17) is 4.74 Å². The average Bonchev–Trinajstić information content (AvgIpc) is 3.46. The van der Waals surface area contributed by atoms with Crippen molar-refractivity contribution in [3.63, 3.8) is 0 Å². The number of hydrogen-bond donors (Lipinski definition) is 2. The molecule has 7 atom stereocenters. The molecule has 7 nitrogen and oxygen atoms in total. The van der Waals surface area contributed by atoms with Crippen LogP contribution in [0.15, 0.2) is 36.4 Å². The highest BCUT2D eigenvalue weighted by Gasteiger charge is 2.72. The van der Waals surface area contributed by atoms with E-state index in [1.165, 1.54) is 6.42 Å². The molecule has 1 aromatic rings. The largest absolute Gasteiger partial charge is 0.359 e. The monoisotopic (exact) mass is 493 g/mol. The Balaban J connectivity index is 1.43. The van der Waals surface area contributed by atoms with E-state index in [2.05, 4.69) is 31.4 Å². The zero-order valence-electron chi connectivity index (χ0n) is 21.8. The first-order valence-corrected chi connectivity index (χ1v) is 13.6. The van der Waals surface area contributed by atoms with Crippen LogP contribution < -0.4 is 10.6 Å². The topological polar surface area (TPSA) is 87.7 Å². The molecular formula is C29H39N3O4. The van der Waals surface area contributed by atoms with Crippen molar-refractivity contribution in [2.75, 3.05) is 11.9 Å². The number of aryl methyl sites for hydroxylation is 1. The molecule has 4 aliphatic rings. The van der Waals surface area contributed by atoms with E-state index in [0.29, 0.717) is 24.1 Å². The lowest BCUT2D eigenvalue weighted by Gasteiger charge is -2.36. The second kappa shape index (κ2) is 9.66. The van der Waals surface area contributed by atoms with E-state index < -0.39 is 29.6 Å². The van der Waals surface area contributed by atoms with E-state index in [1.807, 2.05) is 43.3 Å². The molecule has 3 amide bonds. The van der Waals surface area contributed by atoms with Gasteiger partial charge in [0.2, 0.25) is 17.7 Å². The van der Waals surface area contributed by atoms with Crippen LogP contribution in [0.3, 0.4) is 0 Å². The molecule has 2 N–H and O–H groups in total. The molecule has 1 saturated carbocycles. The number of ether oxygens (including phenoxy) is 1. The predicted octanol–water partition coefficient (Wildman–Crippen LogP) is 3.83. The van der Waals surface area contributed by atoms with Gasteiger partial charge in [-0.15, -0.1) is 0 Å². The Morgan fingerprint density at radius 2 is 1.97 bits per heavy atom. The van der Waals surface area contributed by atoms with Crippen LogP contribution in [0.4, 0.5) is 5.69 Å². The summed E-state index contributed by atoms with van der Waals surface area (Å²) in [7, 11) is 0. The number of anilines is 1. The van der Waals surface area contributed by atoms with Gasteiger partial charge < -0.3 is 20.3 Å². The van der Waals surface area contributed by atoms with Gasteiger partial charge in [0.15, 0.2) is 0 Å². The molecule has 7 heteroatoms. The first-order valence-electron chi connectivity index (χ1n) is 13.6. The van der Waals surface area contributed by atoms with Crippen LogP contribution >= 0.6 is 0 Å². The molecule has 3 heterocycles. The Morgan fingerprint density at radius 3 is 2.69 bits per heavy atom. The van der Waals surface area contributed by atoms with Gasteiger partial charge in [0.1, 0.15) is 11.6 Å².